The first-order valence-corrected chi connectivity index (χ1v) is 7.79. The van der Waals surface area contributed by atoms with Crippen molar-refractivity contribution >= 4 is 27.2 Å². The molecule has 0 spiro atoms. The lowest BCUT2D eigenvalue weighted by Crippen LogP contribution is -2.32. The average molecular weight is 320 g/mol. The van der Waals surface area contributed by atoms with Gasteiger partial charge in [0.25, 0.3) is 0 Å². The number of benzene rings is 1. The quantitative estimate of drug-likeness (QED) is 0.602. The molecule has 0 bridgehead atoms. The summed E-state index contributed by atoms with van der Waals surface area (Å²) >= 11 is 4.73. The van der Waals surface area contributed by atoms with Crippen LogP contribution in [0.15, 0.2) is 23.1 Å². The third kappa shape index (κ3) is 3.72. The van der Waals surface area contributed by atoms with Gasteiger partial charge in [0.2, 0.25) is 10.0 Å². The van der Waals surface area contributed by atoms with Crippen molar-refractivity contribution in [2.45, 2.75) is 11.8 Å². The minimum absolute atomic E-state index is 0.156. The summed E-state index contributed by atoms with van der Waals surface area (Å²) in [4.78, 5) is -0.524. The second-order valence-corrected chi connectivity index (χ2v) is 6.45. The third-order valence-corrected chi connectivity index (χ3v) is 4.77. The van der Waals surface area contributed by atoms with Crippen LogP contribution in [0.5, 0.6) is 0 Å². The minimum Gasteiger partial charge on any atom is -0.389 e. The largest absolute Gasteiger partial charge is 0.389 e. The van der Waals surface area contributed by atoms with Gasteiger partial charge in [-0.2, -0.15) is 4.31 Å². The molecule has 0 unspecified atom stereocenters. The van der Waals surface area contributed by atoms with Gasteiger partial charge >= 0.3 is 0 Å². The molecular formula is C12H17FN2O3S2. The van der Waals surface area contributed by atoms with Crippen molar-refractivity contribution in [3.8, 4) is 0 Å². The summed E-state index contributed by atoms with van der Waals surface area (Å²) in [6.07, 6.45) is 0. The highest BCUT2D eigenvalue weighted by Crippen LogP contribution is 2.21. The maximum absolute atomic E-state index is 13.7. The predicted molar refractivity (Wildman–Crippen MR) is 78.6 cm³/mol. The van der Waals surface area contributed by atoms with E-state index in [1.165, 1.54) is 19.2 Å². The van der Waals surface area contributed by atoms with Crippen LogP contribution < -0.4 is 5.73 Å². The van der Waals surface area contributed by atoms with Crippen molar-refractivity contribution in [2.24, 2.45) is 5.73 Å². The Balaban J connectivity index is 3.16. The zero-order valence-electron chi connectivity index (χ0n) is 11.3. The highest BCUT2D eigenvalue weighted by Gasteiger charge is 2.26. The van der Waals surface area contributed by atoms with Crippen LogP contribution in [0.3, 0.4) is 0 Å². The summed E-state index contributed by atoms with van der Waals surface area (Å²) < 4.78 is 44.7. The van der Waals surface area contributed by atoms with Crippen LogP contribution >= 0.6 is 12.2 Å². The molecule has 0 aliphatic rings. The van der Waals surface area contributed by atoms with Crippen molar-refractivity contribution < 1.29 is 17.5 Å². The van der Waals surface area contributed by atoms with E-state index in [4.69, 9.17) is 22.7 Å². The fraction of sp³-hybridized carbons (Fsp3) is 0.417. The molecule has 0 saturated carbocycles. The Kier molecular flexibility index (Phi) is 6.00. The summed E-state index contributed by atoms with van der Waals surface area (Å²) in [6.45, 7) is 2.71. The Morgan fingerprint density at radius 1 is 1.50 bits per heavy atom. The van der Waals surface area contributed by atoms with E-state index in [1.54, 1.807) is 0 Å². The van der Waals surface area contributed by atoms with E-state index in [2.05, 4.69) is 0 Å². The van der Waals surface area contributed by atoms with Gasteiger partial charge in [0, 0.05) is 20.2 Å². The van der Waals surface area contributed by atoms with Gasteiger partial charge in [0.1, 0.15) is 10.8 Å². The van der Waals surface area contributed by atoms with Crippen molar-refractivity contribution in [2.75, 3.05) is 26.8 Å². The lowest BCUT2D eigenvalue weighted by Gasteiger charge is -2.19. The molecule has 0 aliphatic heterocycles. The topological polar surface area (TPSA) is 72.6 Å². The van der Waals surface area contributed by atoms with Crippen LogP contribution in [0.1, 0.15) is 12.5 Å². The van der Waals surface area contributed by atoms with Gasteiger partial charge in [0.05, 0.1) is 17.1 Å². The number of sulfonamides is 1. The van der Waals surface area contributed by atoms with E-state index >= 15 is 0 Å². The number of thiocarbonyl (C=S) groups is 1. The summed E-state index contributed by atoms with van der Waals surface area (Å²) in [5.41, 5.74) is 5.16. The molecule has 0 amide bonds. The number of nitrogens with zero attached hydrogens (tertiary/aromatic N) is 1. The Bertz CT molecular complexity index is 590. The molecule has 0 aliphatic carbocycles. The molecule has 8 heteroatoms. The number of nitrogens with two attached hydrogens (primary N) is 1. The molecule has 1 aromatic rings. The number of hydrogen-bond acceptors (Lipinski definition) is 4. The fourth-order valence-electron chi connectivity index (χ4n) is 1.58. The molecule has 5 nitrogen and oxygen atoms in total. The summed E-state index contributed by atoms with van der Waals surface area (Å²) in [5, 5.41) is 0. The van der Waals surface area contributed by atoms with E-state index < -0.39 is 15.8 Å². The van der Waals surface area contributed by atoms with Crippen LogP contribution in [0.2, 0.25) is 0 Å². The molecule has 20 heavy (non-hydrogen) atoms. The number of likely N-dealkylation sites (N-methyl/N-ethyl adjacent to an activating group) is 1. The molecule has 0 atom stereocenters. The molecule has 0 aromatic heterocycles. The Labute approximate surface area is 123 Å². The van der Waals surface area contributed by atoms with Gasteiger partial charge in [0.15, 0.2) is 0 Å². The predicted octanol–water partition coefficient (Wildman–Crippen LogP) is 1.12. The first-order chi connectivity index (χ1) is 9.32. The third-order valence-electron chi connectivity index (χ3n) is 2.66. The Morgan fingerprint density at radius 3 is 2.70 bits per heavy atom. The first kappa shape index (κ1) is 17.0. The van der Waals surface area contributed by atoms with Crippen LogP contribution in [-0.2, 0) is 14.8 Å². The SMILES string of the molecule is CCOCCN(C)S(=O)(=O)c1cccc(F)c1C(N)=S. The van der Waals surface area contributed by atoms with Gasteiger partial charge in [-0.25, -0.2) is 12.8 Å². The molecule has 1 rings (SSSR count). The smallest absolute Gasteiger partial charge is 0.243 e. The molecule has 0 heterocycles. The maximum Gasteiger partial charge on any atom is 0.243 e. The fourth-order valence-corrected chi connectivity index (χ4v) is 3.22. The summed E-state index contributed by atoms with van der Waals surface area (Å²) in [7, 11) is -2.48. The Hall–Kier alpha value is -1.09. The van der Waals surface area contributed by atoms with Gasteiger partial charge in [-0.05, 0) is 19.1 Å². The first-order valence-electron chi connectivity index (χ1n) is 5.94. The lowest BCUT2D eigenvalue weighted by atomic mass is 10.2. The summed E-state index contributed by atoms with van der Waals surface area (Å²) in [6, 6.07) is 3.71. The number of rotatable bonds is 7. The Morgan fingerprint density at radius 2 is 2.15 bits per heavy atom. The summed E-state index contributed by atoms with van der Waals surface area (Å²) in [5.74, 6) is -0.753. The number of hydrogen-bond donors (Lipinski definition) is 1. The van der Waals surface area contributed by atoms with Crippen LogP contribution in [0.4, 0.5) is 4.39 Å². The maximum atomic E-state index is 13.7. The molecular weight excluding hydrogens is 303 g/mol. The normalized spacial score (nSPS) is 11.8. The zero-order chi connectivity index (χ0) is 15.3. The van der Waals surface area contributed by atoms with Crippen molar-refractivity contribution in [3.05, 3.63) is 29.6 Å². The second-order valence-electron chi connectivity index (χ2n) is 4.00. The number of halogens is 1. The van der Waals surface area contributed by atoms with Gasteiger partial charge in [-0.1, -0.05) is 18.3 Å². The van der Waals surface area contributed by atoms with E-state index in [-0.39, 0.29) is 28.6 Å². The average Bonchev–Trinajstić information content (AvgIpc) is 2.38. The zero-order valence-corrected chi connectivity index (χ0v) is 12.9. The molecule has 1 aromatic carbocycles. The molecule has 112 valence electrons. The van der Waals surface area contributed by atoms with E-state index in [1.807, 2.05) is 6.92 Å². The highest BCUT2D eigenvalue weighted by molar-refractivity contribution is 7.89. The molecule has 0 fully saturated rings. The van der Waals surface area contributed by atoms with Crippen LogP contribution in [-0.4, -0.2) is 44.5 Å². The van der Waals surface area contributed by atoms with Crippen molar-refractivity contribution in [3.63, 3.8) is 0 Å². The molecule has 0 saturated heterocycles. The standard InChI is InChI=1S/C12H17FN2O3S2/c1-3-18-8-7-15(2)20(16,17)10-6-4-5-9(13)11(10)12(14)19/h4-6H,3,7-8H2,1-2H3,(H2,14,19). The monoisotopic (exact) mass is 320 g/mol. The lowest BCUT2D eigenvalue weighted by molar-refractivity contribution is 0.138. The van der Waals surface area contributed by atoms with Gasteiger partial charge in [-0.3, -0.25) is 0 Å². The molecule has 2 N–H and O–H groups in total. The highest BCUT2D eigenvalue weighted by atomic mass is 32.2. The number of ether oxygens (including phenoxy) is 1. The van der Waals surface area contributed by atoms with E-state index in [0.29, 0.717) is 6.61 Å². The second kappa shape index (κ2) is 7.07. The minimum atomic E-state index is -3.87. The van der Waals surface area contributed by atoms with Gasteiger partial charge < -0.3 is 10.5 Å². The van der Waals surface area contributed by atoms with Crippen LogP contribution in [0, 0.1) is 5.82 Å². The molecule has 0 radical (unpaired) electrons. The van der Waals surface area contributed by atoms with Crippen molar-refractivity contribution in [1.82, 2.24) is 4.31 Å². The van der Waals surface area contributed by atoms with E-state index in [9.17, 15) is 12.8 Å². The van der Waals surface area contributed by atoms with E-state index in [0.717, 1.165) is 10.4 Å². The van der Waals surface area contributed by atoms with Crippen LogP contribution in [0.25, 0.3) is 0 Å². The van der Waals surface area contributed by atoms with Crippen molar-refractivity contribution in [1.29, 1.82) is 0 Å². The van der Waals surface area contributed by atoms with Gasteiger partial charge in [-0.15, -0.1) is 0 Å².